The van der Waals surface area contributed by atoms with Crippen molar-refractivity contribution in [2.75, 3.05) is 11.9 Å². The molecule has 0 saturated heterocycles. The maximum atomic E-state index is 14.0. The highest BCUT2D eigenvalue weighted by Gasteiger charge is 2.54. The summed E-state index contributed by atoms with van der Waals surface area (Å²) in [4.78, 5) is 32.3. The molecule has 0 fully saturated rings. The van der Waals surface area contributed by atoms with E-state index in [1.54, 1.807) is 6.20 Å². The molecule has 1 heterocycles. The van der Waals surface area contributed by atoms with Crippen molar-refractivity contribution in [3.05, 3.63) is 143 Å². The molecule has 0 aliphatic heterocycles. The molecular formula is C36H31N3O2S. The predicted molar refractivity (Wildman–Crippen MR) is 168 cm³/mol. The van der Waals surface area contributed by atoms with E-state index < -0.39 is 5.41 Å². The number of hydrogen-bond donors (Lipinski definition) is 2. The summed E-state index contributed by atoms with van der Waals surface area (Å²) in [6.07, 6.45) is 3.31. The maximum Gasteiger partial charge on any atom is 0.251 e. The van der Waals surface area contributed by atoms with Crippen LogP contribution in [0.5, 0.6) is 0 Å². The molecule has 1 atom stereocenters. The predicted octanol–water partition coefficient (Wildman–Crippen LogP) is 7.41. The van der Waals surface area contributed by atoms with Crippen molar-refractivity contribution < 1.29 is 9.59 Å². The summed E-state index contributed by atoms with van der Waals surface area (Å²) in [5, 5.41) is 6.74. The van der Waals surface area contributed by atoms with Crippen LogP contribution in [0.4, 0.5) is 5.13 Å². The van der Waals surface area contributed by atoms with Gasteiger partial charge in [0.25, 0.3) is 5.91 Å². The van der Waals surface area contributed by atoms with Gasteiger partial charge < -0.3 is 10.6 Å². The molecule has 2 amide bonds. The second kappa shape index (κ2) is 10.7. The summed E-state index contributed by atoms with van der Waals surface area (Å²) >= 11 is 1.43. The summed E-state index contributed by atoms with van der Waals surface area (Å²) in [5.74, 6) is 0.0821. The minimum absolute atomic E-state index is 0.00560. The smallest absolute Gasteiger partial charge is 0.251 e. The number of amides is 2. The lowest BCUT2D eigenvalue weighted by Gasteiger charge is -2.50. The maximum absolute atomic E-state index is 14.0. The minimum atomic E-state index is -0.600. The fourth-order valence-corrected chi connectivity index (χ4v) is 7.58. The van der Waals surface area contributed by atoms with E-state index in [2.05, 4.69) is 83.2 Å². The number of rotatable bonds is 7. The normalized spacial score (nSPS) is 19.9. The molecule has 1 unspecified atom stereocenters. The number of nitrogens with zero attached hydrogens (tertiary/aromatic N) is 1. The van der Waals surface area contributed by atoms with Gasteiger partial charge in [-0.05, 0) is 65.3 Å². The lowest BCUT2D eigenvalue weighted by Crippen LogP contribution is -2.47. The Kier molecular flexibility index (Phi) is 6.71. The van der Waals surface area contributed by atoms with E-state index in [1.807, 2.05) is 42.5 Å². The number of benzene rings is 4. The van der Waals surface area contributed by atoms with Crippen LogP contribution in [-0.4, -0.2) is 23.3 Å². The molecule has 8 rings (SSSR count). The van der Waals surface area contributed by atoms with Crippen molar-refractivity contribution in [2.24, 2.45) is 5.41 Å². The molecule has 6 heteroatoms. The molecule has 1 aromatic heterocycles. The lowest BCUT2D eigenvalue weighted by molar-refractivity contribution is -0.126. The highest BCUT2D eigenvalue weighted by atomic mass is 32.1. The molecule has 208 valence electrons. The third-order valence-electron chi connectivity index (χ3n) is 8.83. The molecule has 42 heavy (non-hydrogen) atoms. The number of thiazole rings is 1. The van der Waals surface area contributed by atoms with Crippen LogP contribution in [0.3, 0.4) is 0 Å². The minimum Gasteiger partial charge on any atom is -0.352 e. The Morgan fingerprint density at radius 1 is 0.857 bits per heavy atom. The number of hydrogen-bond acceptors (Lipinski definition) is 4. The van der Waals surface area contributed by atoms with Gasteiger partial charge in [-0.1, -0.05) is 102 Å². The Morgan fingerprint density at radius 3 is 2.24 bits per heavy atom. The molecule has 0 radical (unpaired) electrons. The second-order valence-corrected chi connectivity index (χ2v) is 12.5. The Hall–Kier alpha value is -4.55. The highest BCUT2D eigenvalue weighted by molar-refractivity contribution is 7.19. The van der Waals surface area contributed by atoms with E-state index in [1.165, 1.54) is 39.2 Å². The van der Waals surface area contributed by atoms with Gasteiger partial charge in [-0.3, -0.25) is 9.59 Å². The van der Waals surface area contributed by atoms with E-state index in [0.717, 1.165) is 23.3 Å². The molecule has 2 N–H and O–H groups in total. The number of anilines is 1. The van der Waals surface area contributed by atoms with Gasteiger partial charge in [0.05, 0.1) is 10.3 Å². The zero-order chi connectivity index (χ0) is 28.7. The Morgan fingerprint density at radius 2 is 1.52 bits per heavy atom. The average molecular weight is 570 g/mol. The largest absolute Gasteiger partial charge is 0.352 e. The van der Waals surface area contributed by atoms with Crippen molar-refractivity contribution in [3.63, 3.8) is 0 Å². The van der Waals surface area contributed by atoms with Crippen LogP contribution in [0.2, 0.25) is 0 Å². The highest BCUT2D eigenvalue weighted by Crippen LogP contribution is 2.61. The zero-order valence-corrected chi connectivity index (χ0v) is 24.2. The van der Waals surface area contributed by atoms with Gasteiger partial charge in [-0.2, -0.15) is 0 Å². The van der Waals surface area contributed by atoms with Gasteiger partial charge in [0.1, 0.15) is 0 Å². The average Bonchev–Trinajstić information content (AvgIpc) is 3.50. The van der Waals surface area contributed by atoms with Gasteiger partial charge in [-0.15, -0.1) is 0 Å². The Balaban J connectivity index is 1.07. The first kappa shape index (κ1) is 26.4. The number of carbonyl (C=O) groups excluding carboxylic acids is 2. The third kappa shape index (κ3) is 4.62. The van der Waals surface area contributed by atoms with E-state index in [9.17, 15) is 9.59 Å². The van der Waals surface area contributed by atoms with Gasteiger partial charge in [0.15, 0.2) is 5.13 Å². The Bertz CT molecular complexity index is 1750. The van der Waals surface area contributed by atoms with E-state index >= 15 is 0 Å². The number of fused-ring (bicyclic) bond motifs is 1. The summed E-state index contributed by atoms with van der Waals surface area (Å²) in [6.45, 7) is 2.67. The summed E-state index contributed by atoms with van der Waals surface area (Å²) < 4.78 is 0. The van der Waals surface area contributed by atoms with E-state index in [0.29, 0.717) is 17.2 Å². The van der Waals surface area contributed by atoms with Crippen LogP contribution < -0.4 is 10.6 Å². The van der Waals surface area contributed by atoms with Gasteiger partial charge >= 0.3 is 0 Å². The standard InChI is InChI=1S/C36H31N3O2S/c1-36(21-30-26-14-5-7-16-28(26)32(36)29-17-8-6-15-27(29)30)34(41)39-35-38-22-31(42-35)24-12-9-13-25(20-24)33(40)37-19-18-23-10-3-2-4-11-23/h2-17,20,22,30,32H,18-19,21H2,1H3,(H,37,40)(H,38,39,41). The first-order chi connectivity index (χ1) is 20.5. The molecule has 0 spiro atoms. The number of nitrogens with one attached hydrogen (secondary N) is 2. The molecule has 4 aromatic carbocycles. The summed E-state index contributed by atoms with van der Waals surface area (Å²) in [5.41, 5.74) is 7.27. The summed E-state index contributed by atoms with van der Waals surface area (Å²) in [7, 11) is 0. The van der Waals surface area contributed by atoms with Crippen LogP contribution in [0.1, 0.15) is 63.4 Å². The van der Waals surface area contributed by atoms with Crippen molar-refractivity contribution >= 4 is 28.3 Å². The fourth-order valence-electron chi connectivity index (χ4n) is 6.78. The monoisotopic (exact) mass is 569 g/mol. The second-order valence-electron chi connectivity index (χ2n) is 11.4. The molecule has 3 aliphatic rings. The van der Waals surface area contributed by atoms with E-state index in [-0.39, 0.29) is 23.7 Å². The van der Waals surface area contributed by atoms with Crippen molar-refractivity contribution in [1.29, 1.82) is 0 Å². The van der Waals surface area contributed by atoms with Gasteiger partial charge in [0, 0.05) is 30.1 Å². The Labute approximate surface area is 249 Å². The molecule has 5 aromatic rings. The van der Waals surface area contributed by atoms with E-state index in [4.69, 9.17) is 0 Å². The van der Waals surface area contributed by atoms with Crippen molar-refractivity contribution in [1.82, 2.24) is 10.3 Å². The first-order valence-electron chi connectivity index (χ1n) is 14.4. The van der Waals surface area contributed by atoms with Crippen LogP contribution in [-0.2, 0) is 11.2 Å². The topological polar surface area (TPSA) is 71.1 Å². The van der Waals surface area contributed by atoms with Crippen LogP contribution in [0.25, 0.3) is 10.4 Å². The fraction of sp³-hybridized carbons (Fsp3) is 0.194. The van der Waals surface area contributed by atoms with Crippen molar-refractivity contribution in [3.8, 4) is 10.4 Å². The van der Waals surface area contributed by atoms with Crippen LogP contribution in [0, 0.1) is 5.41 Å². The number of aromatic nitrogens is 1. The van der Waals surface area contributed by atoms with Crippen LogP contribution in [0.15, 0.2) is 109 Å². The first-order valence-corrected chi connectivity index (χ1v) is 15.2. The van der Waals surface area contributed by atoms with Crippen LogP contribution >= 0.6 is 11.3 Å². The third-order valence-corrected chi connectivity index (χ3v) is 9.79. The molecular weight excluding hydrogens is 538 g/mol. The summed E-state index contributed by atoms with van der Waals surface area (Å²) in [6, 6.07) is 34.8. The quantitative estimate of drug-likeness (QED) is 0.214. The lowest BCUT2D eigenvalue weighted by atomic mass is 9.52. The molecule has 5 nitrogen and oxygen atoms in total. The SMILES string of the molecule is CC1(C(=O)Nc2ncc(-c3cccc(C(=O)NCCc4ccccc4)c3)s2)CC2c3ccccc3C1c1ccccc12. The number of carbonyl (C=O) groups is 2. The zero-order valence-electron chi connectivity index (χ0n) is 23.3. The molecule has 0 saturated carbocycles. The van der Waals surface area contributed by atoms with Gasteiger partial charge in [0.2, 0.25) is 5.91 Å². The molecule has 2 bridgehead atoms. The molecule has 3 aliphatic carbocycles. The van der Waals surface area contributed by atoms with Crippen molar-refractivity contribution in [2.45, 2.75) is 31.6 Å². The van der Waals surface area contributed by atoms with Gasteiger partial charge in [-0.25, -0.2) is 4.98 Å².